The van der Waals surface area contributed by atoms with Crippen LogP contribution in [0.15, 0.2) is 28.7 Å². The molecule has 1 aromatic heterocycles. The number of aryl methyl sites for hydroxylation is 2. The highest BCUT2D eigenvalue weighted by Crippen LogP contribution is 2.33. The zero-order chi connectivity index (χ0) is 19.3. The SMILES string of the molecule is CCN(CC)CCN(c1nc(C)cc(C)n1)c1ccc(C(C)C)cc1Br. The molecule has 0 atom stereocenters. The van der Waals surface area contributed by atoms with E-state index in [0.29, 0.717) is 5.92 Å². The minimum absolute atomic E-state index is 0.502. The summed E-state index contributed by atoms with van der Waals surface area (Å²) in [6.07, 6.45) is 0. The van der Waals surface area contributed by atoms with Crippen molar-refractivity contribution in [2.45, 2.75) is 47.5 Å². The number of hydrogen-bond donors (Lipinski definition) is 0. The van der Waals surface area contributed by atoms with Gasteiger partial charge in [0.05, 0.1) is 5.69 Å². The van der Waals surface area contributed by atoms with Crippen LogP contribution >= 0.6 is 15.9 Å². The average Bonchev–Trinajstić information content (AvgIpc) is 2.58. The van der Waals surface area contributed by atoms with E-state index in [9.17, 15) is 0 Å². The van der Waals surface area contributed by atoms with Gasteiger partial charge in [-0.3, -0.25) is 0 Å². The van der Waals surface area contributed by atoms with Gasteiger partial charge in [-0.15, -0.1) is 0 Å². The molecule has 0 saturated heterocycles. The Hall–Kier alpha value is -1.46. The van der Waals surface area contributed by atoms with Gasteiger partial charge < -0.3 is 9.80 Å². The van der Waals surface area contributed by atoms with E-state index in [0.717, 1.165) is 53.7 Å². The summed E-state index contributed by atoms with van der Waals surface area (Å²) in [7, 11) is 0. The van der Waals surface area contributed by atoms with Crippen LogP contribution in [0.3, 0.4) is 0 Å². The second-order valence-corrected chi connectivity index (χ2v) is 7.85. The summed E-state index contributed by atoms with van der Waals surface area (Å²) >= 11 is 3.78. The van der Waals surface area contributed by atoms with Crippen molar-refractivity contribution in [3.63, 3.8) is 0 Å². The minimum atomic E-state index is 0.502. The van der Waals surface area contributed by atoms with Crippen LogP contribution in [0.25, 0.3) is 0 Å². The summed E-state index contributed by atoms with van der Waals surface area (Å²) in [5, 5.41) is 0. The number of aromatic nitrogens is 2. The molecule has 0 radical (unpaired) electrons. The van der Waals surface area contributed by atoms with Gasteiger partial charge in [0.15, 0.2) is 0 Å². The van der Waals surface area contributed by atoms with Gasteiger partial charge in [-0.2, -0.15) is 0 Å². The van der Waals surface area contributed by atoms with Crippen molar-refractivity contribution < 1.29 is 0 Å². The molecule has 2 aromatic rings. The van der Waals surface area contributed by atoms with Crippen molar-refractivity contribution >= 4 is 27.6 Å². The fourth-order valence-corrected chi connectivity index (χ4v) is 3.65. The molecule has 0 aliphatic heterocycles. The van der Waals surface area contributed by atoms with Gasteiger partial charge in [-0.25, -0.2) is 9.97 Å². The summed E-state index contributed by atoms with van der Waals surface area (Å²) < 4.78 is 1.09. The first-order chi connectivity index (χ1) is 12.3. The fourth-order valence-electron chi connectivity index (χ4n) is 3.04. The molecule has 0 fully saturated rings. The molecule has 0 bridgehead atoms. The van der Waals surface area contributed by atoms with Crippen LogP contribution in [-0.4, -0.2) is 41.0 Å². The zero-order valence-corrected chi connectivity index (χ0v) is 18.5. The first kappa shape index (κ1) is 20.8. The van der Waals surface area contributed by atoms with Gasteiger partial charge >= 0.3 is 0 Å². The van der Waals surface area contributed by atoms with Crippen molar-refractivity contribution in [1.82, 2.24) is 14.9 Å². The lowest BCUT2D eigenvalue weighted by Gasteiger charge is -2.28. The third-order valence-corrected chi connectivity index (χ3v) is 5.31. The summed E-state index contributed by atoms with van der Waals surface area (Å²) in [4.78, 5) is 14.1. The van der Waals surface area contributed by atoms with Crippen molar-refractivity contribution in [3.05, 3.63) is 45.7 Å². The monoisotopic (exact) mass is 418 g/mol. The van der Waals surface area contributed by atoms with Crippen molar-refractivity contribution in [1.29, 1.82) is 0 Å². The maximum Gasteiger partial charge on any atom is 0.230 e. The molecule has 2 rings (SSSR count). The third kappa shape index (κ3) is 5.27. The molecular weight excluding hydrogens is 388 g/mol. The van der Waals surface area contributed by atoms with Crippen LogP contribution in [0, 0.1) is 13.8 Å². The number of hydrogen-bond acceptors (Lipinski definition) is 4. The Balaban J connectivity index is 2.42. The van der Waals surface area contributed by atoms with Crippen molar-refractivity contribution in [3.8, 4) is 0 Å². The molecule has 0 amide bonds. The summed E-state index contributed by atoms with van der Waals surface area (Å²) in [6.45, 7) is 16.8. The normalized spacial score (nSPS) is 11.4. The Labute approximate surface area is 166 Å². The van der Waals surface area contributed by atoms with E-state index in [4.69, 9.17) is 9.97 Å². The molecule has 142 valence electrons. The second kappa shape index (κ2) is 9.47. The van der Waals surface area contributed by atoms with Crippen LogP contribution in [0.4, 0.5) is 11.6 Å². The molecule has 0 saturated carbocycles. The minimum Gasteiger partial charge on any atom is -0.308 e. The standard InChI is InChI=1S/C21H31BrN4/c1-7-25(8-2)11-12-26(21-23-16(5)13-17(6)24-21)20-10-9-18(15(3)4)14-19(20)22/h9-10,13-15H,7-8,11-12H2,1-6H3. The summed E-state index contributed by atoms with van der Waals surface area (Å²) in [5.74, 6) is 1.27. The highest BCUT2D eigenvalue weighted by atomic mass is 79.9. The molecule has 5 heteroatoms. The lowest BCUT2D eigenvalue weighted by Crippen LogP contribution is -2.33. The maximum atomic E-state index is 4.71. The molecule has 26 heavy (non-hydrogen) atoms. The first-order valence-corrected chi connectivity index (χ1v) is 10.3. The Bertz CT molecular complexity index is 706. The zero-order valence-electron chi connectivity index (χ0n) is 16.9. The van der Waals surface area contributed by atoms with Gasteiger partial charge in [0.2, 0.25) is 5.95 Å². The number of halogens is 1. The van der Waals surface area contributed by atoms with Gasteiger partial charge in [0, 0.05) is 29.0 Å². The van der Waals surface area contributed by atoms with Crippen LogP contribution in [0.5, 0.6) is 0 Å². The summed E-state index contributed by atoms with van der Waals surface area (Å²) in [5.41, 5.74) is 4.43. The lowest BCUT2D eigenvalue weighted by molar-refractivity contribution is 0.312. The predicted molar refractivity (Wildman–Crippen MR) is 115 cm³/mol. The molecule has 1 heterocycles. The molecule has 0 aliphatic rings. The Morgan fingerprint density at radius 3 is 2.08 bits per heavy atom. The van der Waals surface area contributed by atoms with Gasteiger partial charge in [0.1, 0.15) is 0 Å². The van der Waals surface area contributed by atoms with E-state index < -0.39 is 0 Å². The van der Waals surface area contributed by atoms with Crippen LogP contribution in [0.2, 0.25) is 0 Å². The molecule has 0 spiro atoms. The molecule has 1 aromatic carbocycles. The van der Waals surface area contributed by atoms with Crippen LogP contribution in [-0.2, 0) is 0 Å². The van der Waals surface area contributed by atoms with E-state index in [1.807, 2.05) is 19.9 Å². The van der Waals surface area contributed by atoms with Crippen molar-refractivity contribution in [2.75, 3.05) is 31.1 Å². The number of rotatable bonds is 8. The maximum absolute atomic E-state index is 4.71. The predicted octanol–water partition coefficient (Wildman–Crippen LogP) is 5.46. The fraction of sp³-hybridized carbons (Fsp3) is 0.524. The molecule has 4 nitrogen and oxygen atoms in total. The summed E-state index contributed by atoms with van der Waals surface area (Å²) in [6, 6.07) is 8.62. The average molecular weight is 419 g/mol. The van der Waals surface area contributed by atoms with Gasteiger partial charge in [-0.05, 0) is 72.5 Å². The largest absolute Gasteiger partial charge is 0.308 e. The van der Waals surface area contributed by atoms with E-state index in [1.165, 1.54) is 5.56 Å². The molecule has 0 unspecified atom stereocenters. The molecule has 0 N–H and O–H groups in total. The van der Waals surface area contributed by atoms with Crippen molar-refractivity contribution in [2.24, 2.45) is 0 Å². The van der Waals surface area contributed by atoms with Crippen LogP contribution in [0.1, 0.15) is 50.6 Å². The number of likely N-dealkylation sites (N-methyl/N-ethyl adjacent to an activating group) is 1. The smallest absolute Gasteiger partial charge is 0.230 e. The highest BCUT2D eigenvalue weighted by molar-refractivity contribution is 9.10. The van der Waals surface area contributed by atoms with Gasteiger partial charge in [0.25, 0.3) is 0 Å². The van der Waals surface area contributed by atoms with E-state index >= 15 is 0 Å². The second-order valence-electron chi connectivity index (χ2n) is 6.99. The lowest BCUT2D eigenvalue weighted by atomic mass is 10.0. The number of benzene rings is 1. The highest BCUT2D eigenvalue weighted by Gasteiger charge is 2.18. The Morgan fingerprint density at radius 2 is 1.58 bits per heavy atom. The first-order valence-electron chi connectivity index (χ1n) is 9.47. The van der Waals surface area contributed by atoms with E-state index in [1.54, 1.807) is 0 Å². The van der Waals surface area contributed by atoms with E-state index in [-0.39, 0.29) is 0 Å². The van der Waals surface area contributed by atoms with Gasteiger partial charge in [-0.1, -0.05) is 33.8 Å². The topological polar surface area (TPSA) is 32.3 Å². The molecular formula is C21H31BrN4. The Morgan fingerprint density at radius 1 is 0.962 bits per heavy atom. The molecule has 0 aliphatic carbocycles. The van der Waals surface area contributed by atoms with E-state index in [2.05, 4.69) is 71.6 Å². The number of anilines is 2. The van der Waals surface area contributed by atoms with Crippen LogP contribution < -0.4 is 4.90 Å². The quantitative estimate of drug-likeness (QED) is 0.569. The number of nitrogens with zero attached hydrogens (tertiary/aromatic N) is 4. The third-order valence-electron chi connectivity index (χ3n) is 4.68. The Kier molecular flexibility index (Phi) is 7.59.